The van der Waals surface area contributed by atoms with E-state index < -0.39 is 40.3 Å². The van der Waals surface area contributed by atoms with Gasteiger partial charge in [0.1, 0.15) is 17.7 Å². The van der Waals surface area contributed by atoms with E-state index in [0.717, 1.165) is 40.7 Å². The van der Waals surface area contributed by atoms with Crippen molar-refractivity contribution in [1.82, 2.24) is 5.32 Å². The highest BCUT2D eigenvalue weighted by Crippen LogP contribution is 2.40. The highest BCUT2D eigenvalue weighted by atomic mass is 32.2. The fraction of sp³-hybridized carbons (Fsp3) is 0.231. The van der Waals surface area contributed by atoms with Crippen LogP contribution in [0.3, 0.4) is 0 Å². The molecule has 2 amide bonds. The number of carbonyl (C=O) groups is 2. The van der Waals surface area contributed by atoms with Gasteiger partial charge in [-0.3, -0.25) is 14.4 Å². The standard InChI is InChI=1S/C26H23F4N3O6S/c1-16(34)31-14-20-15-33(40(36,37)21-10-7-18(27)8-11-21)22-13-19(9-12-23(22)38-20)32-25(35)39-24(26(28,29)30)17-5-3-2-4-6-17/h2-13,20,24H,14-15H2,1H3,(H,31,34)(H,32,35)/t20-,24?/m0/s1. The number of sulfonamides is 1. The molecule has 0 bridgehead atoms. The molecule has 212 valence electrons. The van der Waals surface area contributed by atoms with Crippen LogP contribution in [-0.4, -0.2) is 45.8 Å². The van der Waals surface area contributed by atoms with Crippen molar-refractivity contribution in [2.45, 2.75) is 30.2 Å². The van der Waals surface area contributed by atoms with Crippen LogP contribution in [0, 0.1) is 5.82 Å². The molecule has 0 saturated heterocycles. The molecule has 9 nitrogen and oxygen atoms in total. The Morgan fingerprint density at radius 1 is 1.07 bits per heavy atom. The maximum atomic E-state index is 13.6. The summed E-state index contributed by atoms with van der Waals surface area (Å²) < 4.78 is 92.7. The Kier molecular flexibility index (Phi) is 8.18. The molecule has 1 aliphatic heterocycles. The summed E-state index contributed by atoms with van der Waals surface area (Å²) in [6, 6.07) is 14.5. The van der Waals surface area contributed by atoms with Crippen molar-refractivity contribution in [2.75, 3.05) is 22.7 Å². The van der Waals surface area contributed by atoms with Crippen LogP contribution in [0.5, 0.6) is 5.75 Å². The monoisotopic (exact) mass is 581 g/mol. The van der Waals surface area contributed by atoms with E-state index in [9.17, 15) is 35.6 Å². The predicted molar refractivity (Wildman–Crippen MR) is 136 cm³/mol. The third-order valence-corrected chi connectivity index (χ3v) is 7.54. The second kappa shape index (κ2) is 11.4. The molecule has 2 N–H and O–H groups in total. The number of nitrogens with zero attached hydrogens (tertiary/aromatic N) is 1. The molecule has 0 fully saturated rings. The van der Waals surface area contributed by atoms with E-state index in [4.69, 9.17) is 4.74 Å². The summed E-state index contributed by atoms with van der Waals surface area (Å²) in [4.78, 5) is 23.6. The zero-order chi connectivity index (χ0) is 29.1. The van der Waals surface area contributed by atoms with Crippen LogP contribution in [0.2, 0.25) is 0 Å². The van der Waals surface area contributed by atoms with Crippen LogP contribution in [0.25, 0.3) is 0 Å². The van der Waals surface area contributed by atoms with Crippen LogP contribution in [-0.2, 0) is 19.6 Å². The smallest absolute Gasteiger partial charge is 0.429 e. The molecular weight excluding hydrogens is 558 g/mol. The number of rotatable bonds is 7. The van der Waals surface area contributed by atoms with E-state index in [-0.39, 0.29) is 46.6 Å². The number of alkyl halides is 3. The quantitative estimate of drug-likeness (QED) is 0.389. The molecule has 40 heavy (non-hydrogen) atoms. The Bertz CT molecular complexity index is 1480. The van der Waals surface area contributed by atoms with E-state index in [0.29, 0.717) is 0 Å². The zero-order valence-corrected chi connectivity index (χ0v) is 21.6. The summed E-state index contributed by atoms with van der Waals surface area (Å²) in [5.41, 5.74) is -0.414. The third-order valence-electron chi connectivity index (χ3n) is 5.74. The van der Waals surface area contributed by atoms with Gasteiger partial charge >= 0.3 is 12.3 Å². The van der Waals surface area contributed by atoms with Crippen LogP contribution >= 0.6 is 0 Å². The van der Waals surface area contributed by atoms with Gasteiger partial charge < -0.3 is 14.8 Å². The number of nitrogens with one attached hydrogen (secondary N) is 2. The van der Waals surface area contributed by atoms with Crippen molar-refractivity contribution >= 4 is 33.4 Å². The van der Waals surface area contributed by atoms with Gasteiger partial charge in [0, 0.05) is 18.2 Å². The molecule has 0 spiro atoms. The van der Waals surface area contributed by atoms with Crippen molar-refractivity contribution in [3.63, 3.8) is 0 Å². The van der Waals surface area contributed by atoms with E-state index in [1.807, 2.05) is 0 Å². The van der Waals surface area contributed by atoms with Crippen molar-refractivity contribution in [3.8, 4) is 5.75 Å². The van der Waals surface area contributed by atoms with E-state index in [1.54, 1.807) is 0 Å². The summed E-state index contributed by atoms with van der Waals surface area (Å²) in [6.07, 6.45) is -9.68. The molecule has 14 heteroatoms. The highest BCUT2D eigenvalue weighted by molar-refractivity contribution is 7.92. The molecular formula is C26H23F4N3O6S. The Balaban J connectivity index is 1.63. The molecule has 3 aromatic carbocycles. The molecule has 1 aliphatic rings. The first-order valence-electron chi connectivity index (χ1n) is 11.8. The number of ether oxygens (including phenoxy) is 2. The number of anilines is 2. The summed E-state index contributed by atoms with van der Waals surface area (Å²) in [7, 11) is -4.30. The molecule has 4 rings (SSSR count). The van der Waals surface area contributed by atoms with Gasteiger partial charge in [0.05, 0.1) is 23.7 Å². The second-order valence-corrected chi connectivity index (χ2v) is 10.6. The molecule has 0 aliphatic carbocycles. The number of fused-ring (bicyclic) bond motifs is 1. The number of benzene rings is 3. The number of carbonyl (C=O) groups excluding carboxylic acids is 2. The number of halogens is 4. The number of amides is 2. The van der Waals surface area contributed by atoms with E-state index in [1.165, 1.54) is 43.3 Å². The topological polar surface area (TPSA) is 114 Å². The molecule has 1 unspecified atom stereocenters. The maximum absolute atomic E-state index is 13.6. The molecule has 2 atom stereocenters. The number of hydrogen-bond donors (Lipinski definition) is 2. The molecule has 1 heterocycles. The second-order valence-electron chi connectivity index (χ2n) is 8.71. The Morgan fingerprint density at radius 3 is 2.38 bits per heavy atom. The number of hydrogen-bond acceptors (Lipinski definition) is 6. The molecule has 0 saturated carbocycles. The first-order valence-corrected chi connectivity index (χ1v) is 13.2. The van der Waals surface area contributed by atoms with Crippen molar-refractivity contribution < 1.29 is 45.0 Å². The van der Waals surface area contributed by atoms with Gasteiger partial charge in [-0.25, -0.2) is 17.6 Å². The summed E-state index contributed by atoms with van der Waals surface area (Å²) in [5, 5.41) is 4.74. The average molecular weight is 582 g/mol. The lowest BCUT2D eigenvalue weighted by atomic mass is 10.1. The Labute approximate surface area is 226 Å². The predicted octanol–water partition coefficient (Wildman–Crippen LogP) is 4.77. The minimum Gasteiger partial charge on any atom is -0.484 e. The lowest BCUT2D eigenvalue weighted by molar-refractivity contribution is -0.205. The van der Waals surface area contributed by atoms with Gasteiger partial charge in [-0.15, -0.1) is 0 Å². The van der Waals surface area contributed by atoms with Crippen molar-refractivity contribution in [1.29, 1.82) is 0 Å². The van der Waals surface area contributed by atoms with E-state index >= 15 is 0 Å². The maximum Gasteiger partial charge on any atom is 0.429 e. The summed E-state index contributed by atoms with van der Waals surface area (Å²) >= 11 is 0. The van der Waals surface area contributed by atoms with Gasteiger partial charge in [-0.1, -0.05) is 30.3 Å². The Morgan fingerprint density at radius 2 is 1.75 bits per heavy atom. The van der Waals surface area contributed by atoms with Gasteiger partial charge in [-0.05, 0) is 42.5 Å². The molecule has 0 radical (unpaired) electrons. The Hall–Kier alpha value is -4.33. The fourth-order valence-corrected chi connectivity index (χ4v) is 5.42. The first kappa shape index (κ1) is 28.7. The minimum atomic E-state index is -4.90. The van der Waals surface area contributed by atoms with Crippen LogP contribution in [0.15, 0.2) is 77.7 Å². The SMILES string of the molecule is CC(=O)NC[C@H]1CN(S(=O)(=O)c2ccc(F)cc2)c2cc(NC(=O)OC(c3ccccc3)C(F)(F)F)ccc2O1. The normalized spacial score (nSPS) is 15.8. The largest absolute Gasteiger partial charge is 0.484 e. The van der Waals surface area contributed by atoms with Crippen LogP contribution in [0.4, 0.5) is 33.7 Å². The lowest BCUT2D eigenvalue weighted by Crippen LogP contribution is -2.48. The van der Waals surface area contributed by atoms with Gasteiger partial charge in [0.15, 0.2) is 0 Å². The third kappa shape index (κ3) is 6.62. The van der Waals surface area contributed by atoms with Gasteiger partial charge in [0.25, 0.3) is 10.0 Å². The average Bonchev–Trinajstić information content (AvgIpc) is 2.90. The zero-order valence-electron chi connectivity index (χ0n) is 20.8. The highest BCUT2D eigenvalue weighted by Gasteiger charge is 2.44. The lowest BCUT2D eigenvalue weighted by Gasteiger charge is -2.35. The van der Waals surface area contributed by atoms with Gasteiger partial charge in [-0.2, -0.15) is 13.2 Å². The van der Waals surface area contributed by atoms with Crippen molar-refractivity contribution in [2.24, 2.45) is 0 Å². The summed E-state index contributed by atoms with van der Waals surface area (Å²) in [5.74, 6) is -0.959. The molecule has 0 aromatic heterocycles. The van der Waals surface area contributed by atoms with E-state index in [2.05, 4.69) is 15.4 Å². The minimum absolute atomic E-state index is 0.0329. The summed E-state index contributed by atoms with van der Waals surface area (Å²) in [6.45, 7) is 0.974. The molecule has 3 aromatic rings. The van der Waals surface area contributed by atoms with Crippen LogP contribution in [0.1, 0.15) is 18.6 Å². The van der Waals surface area contributed by atoms with Crippen molar-refractivity contribution in [3.05, 3.63) is 84.2 Å². The fourth-order valence-electron chi connectivity index (χ4n) is 3.92. The van der Waals surface area contributed by atoms with Gasteiger partial charge in [0.2, 0.25) is 12.0 Å². The van der Waals surface area contributed by atoms with Crippen LogP contribution < -0.4 is 19.7 Å². The first-order chi connectivity index (χ1) is 18.8.